The van der Waals surface area contributed by atoms with Gasteiger partial charge in [0, 0.05) is 5.41 Å². The van der Waals surface area contributed by atoms with Gasteiger partial charge in [0.1, 0.15) is 6.10 Å². The molecule has 0 radical (unpaired) electrons. The molecule has 2 aliphatic carbocycles. The summed E-state index contributed by atoms with van der Waals surface area (Å²) in [5.41, 5.74) is 6.95. The second-order valence-corrected chi connectivity index (χ2v) is 7.65. The second kappa shape index (κ2) is 4.64. The molecule has 2 aliphatic rings. The van der Waals surface area contributed by atoms with Gasteiger partial charge in [0.2, 0.25) is 0 Å². The molecule has 3 unspecified atom stereocenters. The van der Waals surface area contributed by atoms with Gasteiger partial charge >= 0.3 is 5.97 Å². The van der Waals surface area contributed by atoms with Crippen LogP contribution in [0.3, 0.4) is 0 Å². The average molecular weight is 308 g/mol. The third-order valence-corrected chi connectivity index (χ3v) is 6.54. The van der Waals surface area contributed by atoms with Crippen molar-refractivity contribution in [1.29, 1.82) is 0 Å². The molecule has 21 heavy (non-hydrogen) atoms. The van der Waals surface area contributed by atoms with E-state index in [1.807, 2.05) is 0 Å². The number of carbonyl (C=O) groups excluding carboxylic acids is 1. The zero-order valence-corrected chi connectivity index (χ0v) is 13.5. The summed E-state index contributed by atoms with van der Waals surface area (Å²) in [6.45, 7) is 6.87. The molecule has 2 bridgehead atoms. The van der Waals surface area contributed by atoms with Gasteiger partial charge in [-0.25, -0.2) is 4.79 Å². The van der Waals surface area contributed by atoms with Crippen LogP contribution >= 0.6 is 11.6 Å². The van der Waals surface area contributed by atoms with Gasteiger partial charge in [-0.15, -0.1) is 0 Å². The predicted octanol–water partition coefficient (Wildman–Crippen LogP) is 4.29. The fourth-order valence-corrected chi connectivity index (χ4v) is 4.29. The average Bonchev–Trinajstić information content (AvgIpc) is 2.75. The molecule has 3 rings (SSSR count). The summed E-state index contributed by atoms with van der Waals surface area (Å²) in [7, 11) is 0. The summed E-state index contributed by atoms with van der Waals surface area (Å²) in [5.74, 6) is 0.350. The van der Waals surface area contributed by atoms with Crippen molar-refractivity contribution in [2.45, 2.75) is 46.1 Å². The molecule has 0 aliphatic heterocycles. The molecule has 3 nitrogen and oxygen atoms in total. The first-order chi connectivity index (χ1) is 9.75. The van der Waals surface area contributed by atoms with Crippen LogP contribution in [0.25, 0.3) is 0 Å². The molecule has 1 aromatic rings. The summed E-state index contributed by atoms with van der Waals surface area (Å²) >= 11 is 5.89. The van der Waals surface area contributed by atoms with E-state index in [-0.39, 0.29) is 22.9 Å². The zero-order valence-electron chi connectivity index (χ0n) is 12.8. The summed E-state index contributed by atoms with van der Waals surface area (Å²) in [6.07, 6.45) is 3.34. The van der Waals surface area contributed by atoms with Crippen LogP contribution in [-0.2, 0) is 4.74 Å². The Morgan fingerprint density at radius 3 is 2.62 bits per heavy atom. The number of fused-ring (bicyclic) bond motifs is 2. The van der Waals surface area contributed by atoms with E-state index < -0.39 is 0 Å². The Morgan fingerprint density at radius 2 is 2.10 bits per heavy atom. The Morgan fingerprint density at radius 1 is 1.38 bits per heavy atom. The lowest BCUT2D eigenvalue weighted by molar-refractivity contribution is -0.0242. The second-order valence-electron chi connectivity index (χ2n) is 7.24. The molecule has 4 heteroatoms. The third-order valence-electron chi connectivity index (χ3n) is 6.19. The lowest BCUT2D eigenvalue weighted by Crippen LogP contribution is -2.38. The maximum absolute atomic E-state index is 12.4. The van der Waals surface area contributed by atoms with Crippen molar-refractivity contribution in [3.8, 4) is 0 Å². The minimum atomic E-state index is -0.298. The number of rotatable bonds is 2. The lowest BCUT2D eigenvalue weighted by Gasteiger charge is -2.38. The maximum atomic E-state index is 12.4. The summed E-state index contributed by atoms with van der Waals surface area (Å²) < 4.78 is 5.83. The van der Waals surface area contributed by atoms with Gasteiger partial charge in [-0.1, -0.05) is 32.4 Å². The van der Waals surface area contributed by atoms with Gasteiger partial charge in [-0.2, -0.15) is 0 Å². The molecule has 0 aromatic heterocycles. The Kier molecular flexibility index (Phi) is 3.25. The van der Waals surface area contributed by atoms with E-state index in [0.717, 1.165) is 12.8 Å². The fraction of sp³-hybridized carbons (Fsp3) is 0.588. The Bertz CT molecular complexity index is 598. The molecule has 0 amide bonds. The molecular formula is C17H22ClNO2. The molecule has 0 saturated heterocycles. The van der Waals surface area contributed by atoms with Crippen LogP contribution in [0.2, 0.25) is 5.02 Å². The lowest BCUT2D eigenvalue weighted by atomic mass is 9.70. The number of benzene rings is 1. The molecule has 3 atom stereocenters. The van der Waals surface area contributed by atoms with Crippen molar-refractivity contribution in [1.82, 2.24) is 0 Å². The quantitative estimate of drug-likeness (QED) is 0.655. The van der Waals surface area contributed by atoms with Gasteiger partial charge in [-0.3, -0.25) is 0 Å². The number of anilines is 1. The van der Waals surface area contributed by atoms with Crippen LogP contribution in [0.1, 0.15) is 50.4 Å². The van der Waals surface area contributed by atoms with Gasteiger partial charge in [0.05, 0.1) is 16.3 Å². The molecule has 2 saturated carbocycles. The van der Waals surface area contributed by atoms with Crippen LogP contribution in [-0.4, -0.2) is 12.1 Å². The van der Waals surface area contributed by atoms with E-state index in [0.29, 0.717) is 22.2 Å². The number of hydrogen-bond donors (Lipinski definition) is 1. The highest BCUT2D eigenvalue weighted by Gasteiger charge is 2.62. The topological polar surface area (TPSA) is 52.3 Å². The molecule has 114 valence electrons. The van der Waals surface area contributed by atoms with Crippen molar-refractivity contribution in [3.63, 3.8) is 0 Å². The summed E-state index contributed by atoms with van der Waals surface area (Å²) in [4.78, 5) is 12.4. The van der Waals surface area contributed by atoms with Crippen LogP contribution in [0.15, 0.2) is 18.2 Å². The van der Waals surface area contributed by atoms with Crippen LogP contribution < -0.4 is 5.73 Å². The number of nitrogen functional groups attached to an aromatic ring is 1. The number of halogens is 1. The van der Waals surface area contributed by atoms with Crippen molar-refractivity contribution in [2.75, 3.05) is 5.73 Å². The predicted molar refractivity (Wildman–Crippen MR) is 84.3 cm³/mol. The van der Waals surface area contributed by atoms with E-state index >= 15 is 0 Å². The minimum absolute atomic E-state index is 0.00403. The van der Waals surface area contributed by atoms with Crippen molar-refractivity contribution >= 4 is 23.3 Å². The monoisotopic (exact) mass is 307 g/mol. The largest absolute Gasteiger partial charge is 0.458 e. The van der Waals surface area contributed by atoms with Gasteiger partial charge in [-0.05, 0) is 48.8 Å². The highest BCUT2D eigenvalue weighted by Crippen LogP contribution is 2.66. The number of ether oxygens (including phenoxy) is 1. The summed E-state index contributed by atoms with van der Waals surface area (Å²) in [6, 6.07) is 4.90. The molecule has 2 N–H and O–H groups in total. The van der Waals surface area contributed by atoms with E-state index in [1.54, 1.807) is 18.2 Å². The first-order valence-electron chi connectivity index (χ1n) is 7.52. The number of esters is 1. The standard InChI is InChI=1S/C17H22ClNO2/c1-16(2)11-6-7-17(16,3)14(9-11)21-15(20)10-4-5-12(18)13(19)8-10/h4-5,8,11,14H,6-7,9,19H2,1-3H3. The number of carbonyl (C=O) groups is 1. The van der Waals surface area contributed by atoms with E-state index in [1.165, 1.54) is 6.42 Å². The van der Waals surface area contributed by atoms with Crippen molar-refractivity contribution < 1.29 is 9.53 Å². The maximum Gasteiger partial charge on any atom is 0.338 e. The van der Waals surface area contributed by atoms with Gasteiger partial charge < -0.3 is 10.5 Å². The van der Waals surface area contributed by atoms with Gasteiger partial charge in [0.25, 0.3) is 0 Å². The van der Waals surface area contributed by atoms with Crippen LogP contribution in [0.4, 0.5) is 5.69 Å². The molecule has 2 fully saturated rings. The smallest absolute Gasteiger partial charge is 0.338 e. The van der Waals surface area contributed by atoms with Crippen molar-refractivity contribution in [2.24, 2.45) is 16.7 Å². The third kappa shape index (κ3) is 2.05. The van der Waals surface area contributed by atoms with Gasteiger partial charge in [0.15, 0.2) is 0 Å². The van der Waals surface area contributed by atoms with E-state index in [2.05, 4.69) is 20.8 Å². The Labute approximate surface area is 130 Å². The Balaban J connectivity index is 1.79. The van der Waals surface area contributed by atoms with Crippen LogP contribution in [0, 0.1) is 16.7 Å². The Hall–Kier alpha value is -1.22. The molecule has 1 aromatic carbocycles. The molecule has 0 spiro atoms. The number of hydrogen-bond acceptors (Lipinski definition) is 3. The molecule has 0 heterocycles. The number of nitrogens with two attached hydrogens (primary N) is 1. The van der Waals surface area contributed by atoms with Crippen molar-refractivity contribution in [3.05, 3.63) is 28.8 Å². The normalized spacial score (nSPS) is 33.1. The molecular weight excluding hydrogens is 286 g/mol. The van der Waals surface area contributed by atoms with E-state index in [9.17, 15) is 4.79 Å². The van der Waals surface area contributed by atoms with E-state index in [4.69, 9.17) is 22.1 Å². The first-order valence-corrected chi connectivity index (χ1v) is 7.89. The highest BCUT2D eigenvalue weighted by molar-refractivity contribution is 6.33. The first kappa shape index (κ1) is 14.7. The fourth-order valence-electron chi connectivity index (χ4n) is 4.18. The minimum Gasteiger partial charge on any atom is -0.458 e. The summed E-state index contributed by atoms with van der Waals surface area (Å²) in [5, 5.41) is 0.458. The zero-order chi connectivity index (χ0) is 15.4. The highest BCUT2D eigenvalue weighted by atomic mass is 35.5. The van der Waals surface area contributed by atoms with Crippen LogP contribution in [0.5, 0.6) is 0 Å². The SMILES string of the molecule is CC1(C)C2CCC1(C)C(OC(=O)c1ccc(Cl)c(N)c1)C2.